The number of aromatic nitrogens is 14. The Balaban J connectivity index is 0.000000370. The van der Waals surface area contributed by atoms with E-state index in [0.717, 1.165) is 30.9 Å². The average molecular weight is 1300 g/mol. The Bertz CT molecular complexity index is 3270. The molecule has 1 aliphatic heterocycles. The molecule has 22 nitrogen and oxygen atoms in total. The van der Waals surface area contributed by atoms with Gasteiger partial charge in [-0.25, -0.2) is 0 Å². The van der Waals surface area contributed by atoms with Gasteiger partial charge in [0.1, 0.15) is 13.1 Å². The molecule has 7 aromatic rings. The van der Waals surface area contributed by atoms with Gasteiger partial charge < -0.3 is 29.9 Å². The van der Waals surface area contributed by atoms with E-state index in [9.17, 15) is 19.8 Å². The van der Waals surface area contributed by atoms with Crippen LogP contribution in [0.5, 0.6) is 0 Å². The smallest absolute Gasteiger partial charge is 0.243 e. The van der Waals surface area contributed by atoms with Crippen LogP contribution in [0.1, 0.15) is 218 Å². The van der Waals surface area contributed by atoms with E-state index in [0.29, 0.717) is 25.7 Å². The summed E-state index contributed by atoms with van der Waals surface area (Å²) in [5, 5.41) is 50.9. The van der Waals surface area contributed by atoms with Crippen LogP contribution in [-0.2, 0) is 95.7 Å². The van der Waals surface area contributed by atoms with Gasteiger partial charge in [-0.05, 0) is 105 Å². The Hall–Kier alpha value is -6.75. The fourth-order valence-electron chi connectivity index (χ4n) is 7.70. The van der Waals surface area contributed by atoms with Crippen LogP contribution in [0.3, 0.4) is 0 Å². The van der Waals surface area contributed by atoms with Crippen molar-refractivity contribution in [1.29, 1.82) is 0 Å². The summed E-state index contributed by atoms with van der Waals surface area (Å²) in [6.45, 7) is 57.2. The lowest BCUT2D eigenvalue weighted by Gasteiger charge is -2.26. The second kappa shape index (κ2) is 34.1. The third-order valence-electron chi connectivity index (χ3n) is 14.9. The molecule has 0 aromatic carbocycles. The number of likely N-dealkylation sites (N-methyl/N-ethyl adjacent to an activating group) is 2. The minimum Gasteiger partial charge on any atom is -0.394 e. The molecular formula is C71H124N16O6. The van der Waals surface area contributed by atoms with Crippen LogP contribution in [0, 0.1) is 0 Å². The van der Waals surface area contributed by atoms with Crippen molar-refractivity contribution < 1.29 is 29.3 Å². The lowest BCUT2D eigenvalue weighted by molar-refractivity contribution is -0.129. The summed E-state index contributed by atoms with van der Waals surface area (Å²) in [4.78, 5) is 24.1. The Labute approximate surface area is 559 Å². The molecule has 0 unspecified atom stereocenters. The van der Waals surface area contributed by atoms with E-state index >= 15 is 0 Å². The van der Waals surface area contributed by atoms with Gasteiger partial charge in [0.2, 0.25) is 11.8 Å². The number of methoxy groups -OCH3 is 1. The van der Waals surface area contributed by atoms with Crippen molar-refractivity contribution >= 4 is 11.8 Å². The van der Waals surface area contributed by atoms with Crippen molar-refractivity contribution in [2.75, 3.05) is 54.7 Å². The maximum Gasteiger partial charge on any atom is 0.243 e. The van der Waals surface area contributed by atoms with Gasteiger partial charge in [-0.15, -0.1) is 0 Å². The van der Waals surface area contributed by atoms with E-state index in [4.69, 9.17) is 9.47 Å². The lowest BCUT2D eigenvalue weighted by Crippen LogP contribution is -2.30. The summed E-state index contributed by atoms with van der Waals surface area (Å²) in [6, 6.07) is 0.469. The van der Waals surface area contributed by atoms with Gasteiger partial charge >= 0.3 is 0 Å². The highest BCUT2D eigenvalue weighted by Gasteiger charge is 2.26. The molecule has 0 spiro atoms. The van der Waals surface area contributed by atoms with Crippen LogP contribution in [-0.4, -0.2) is 156 Å². The molecule has 0 radical (unpaired) electrons. The van der Waals surface area contributed by atoms with E-state index in [1.807, 2.05) is 108 Å². The molecular weight excluding hydrogens is 1170 g/mol. The SMILES string of the molecule is CC(C)(C)c1cnn(C(C)(C)CO)c1.CC(C)(C)c1cnn(C2COC2)c1.CC(C)(O)Cn1cc(C(C)(C)C)cn1.CN(C)C(=O)Cn1cc(C(C)(C)C)cn1.CNC(=O)Cn1cc(C(C)(C)C)cn1.COCCn1cc(C(C)(C)C)cn1.Cn1cc(C(C)(C)C)cn1. The molecule has 1 aliphatic rings. The minimum atomic E-state index is -0.707. The fourth-order valence-corrected chi connectivity index (χ4v) is 7.70. The molecule has 0 bridgehead atoms. The second-order valence-electron chi connectivity index (χ2n) is 32.7. The molecule has 0 saturated carbocycles. The Morgan fingerprint density at radius 1 is 0.516 bits per heavy atom. The van der Waals surface area contributed by atoms with Gasteiger partial charge in [-0.1, -0.05) is 145 Å². The molecule has 0 aliphatic carbocycles. The number of carbonyl (C=O) groups excluding carboxylic acids is 2. The van der Waals surface area contributed by atoms with Gasteiger partial charge in [-0.3, -0.25) is 42.4 Å². The molecule has 93 heavy (non-hydrogen) atoms. The summed E-state index contributed by atoms with van der Waals surface area (Å²) in [7, 11) is 8.76. The van der Waals surface area contributed by atoms with Crippen LogP contribution < -0.4 is 5.32 Å². The standard InChI is InChI=1S/C11H19N3O.2C11H20N2O.C10H17N3O.C10H16N2O.C10H18N2O.C8H14N2/c1-11(2,3)9-6-12-14(7-9)8-10(15)13(4)5;1-10(2,3)9-6-12-13(7-9)11(4,5)8-14;1-10(2,3)9-6-12-13(7-9)8-11(4,5)14;1-10(2,3)8-5-12-13(6-8)7-9(14)11-4;1-10(2,3)8-4-11-12(5-8)9-6-13-7-9;1-10(2,3)9-7-11-12(8-9)5-6-13-4;1-8(2,3)7-5-9-10(4)6-7/h6-7H,8H2,1-5H3;2*6-7,14H,8H2,1-5H3;5-6H,7H2,1-4H3,(H,11,14);4-5,9H,6-7H2,1-3H3;7-8H,5-6H2,1-4H3;5-6H,1-4H3. The van der Waals surface area contributed by atoms with Crippen molar-refractivity contribution in [2.45, 2.75) is 254 Å². The maximum absolute atomic E-state index is 11.4. The monoisotopic (exact) mass is 1300 g/mol. The molecule has 1 saturated heterocycles. The molecule has 0 atom stereocenters. The predicted octanol–water partition coefficient (Wildman–Crippen LogP) is 11.4. The summed E-state index contributed by atoms with van der Waals surface area (Å²) in [5.41, 5.74) is 8.52. The fraction of sp³-hybridized carbons (Fsp3) is 0.676. The first-order valence-electron chi connectivity index (χ1n) is 32.3. The van der Waals surface area contributed by atoms with Crippen LogP contribution in [0.2, 0.25) is 0 Å². The molecule has 1 fully saturated rings. The van der Waals surface area contributed by atoms with E-state index in [1.54, 1.807) is 61.0 Å². The summed E-state index contributed by atoms with van der Waals surface area (Å²) in [5.74, 6) is 0.0205. The van der Waals surface area contributed by atoms with Crippen LogP contribution in [0.15, 0.2) is 86.8 Å². The molecule has 2 amide bonds. The number of nitrogens with one attached hydrogen (secondary N) is 1. The first-order chi connectivity index (χ1) is 42.3. The lowest BCUT2D eigenvalue weighted by atomic mass is 9.90. The van der Waals surface area contributed by atoms with Crippen molar-refractivity contribution in [3.8, 4) is 0 Å². The average Bonchev–Trinajstić information content (AvgIpc) is 1.75. The summed E-state index contributed by atoms with van der Waals surface area (Å²) >= 11 is 0. The number of ether oxygens (including phenoxy) is 2. The van der Waals surface area contributed by atoms with E-state index in [-0.39, 0.29) is 68.4 Å². The molecule has 3 N–H and O–H groups in total. The van der Waals surface area contributed by atoms with Gasteiger partial charge in [0.25, 0.3) is 0 Å². The minimum absolute atomic E-state index is 0.0337. The molecule has 8 rings (SSSR count). The third-order valence-corrected chi connectivity index (χ3v) is 14.9. The Kier molecular flexibility index (Phi) is 30.2. The number of nitrogens with zero attached hydrogens (tertiary/aromatic N) is 15. The summed E-state index contributed by atoms with van der Waals surface area (Å²) in [6.07, 6.45) is 27.3. The highest BCUT2D eigenvalue weighted by Crippen LogP contribution is 2.28. The van der Waals surface area contributed by atoms with Crippen molar-refractivity contribution in [2.24, 2.45) is 7.05 Å². The highest BCUT2D eigenvalue weighted by atomic mass is 16.5. The van der Waals surface area contributed by atoms with E-state index < -0.39 is 5.60 Å². The molecule has 8 heterocycles. The Morgan fingerprint density at radius 2 is 0.871 bits per heavy atom. The van der Waals surface area contributed by atoms with Gasteiger partial charge in [0.15, 0.2) is 0 Å². The predicted molar refractivity (Wildman–Crippen MR) is 375 cm³/mol. The van der Waals surface area contributed by atoms with Gasteiger partial charge in [0, 0.05) is 78.7 Å². The number of aliphatic hydroxyl groups is 2. The zero-order chi connectivity index (χ0) is 71.5. The van der Waals surface area contributed by atoms with Gasteiger partial charge in [0.05, 0.1) is 100 Å². The van der Waals surface area contributed by atoms with Crippen molar-refractivity contribution in [1.82, 2.24) is 78.7 Å². The first-order valence-corrected chi connectivity index (χ1v) is 32.3. The zero-order valence-electron chi connectivity index (χ0n) is 63.1. The van der Waals surface area contributed by atoms with Crippen molar-refractivity contribution in [3.05, 3.63) is 126 Å². The van der Waals surface area contributed by atoms with Crippen molar-refractivity contribution in [3.63, 3.8) is 0 Å². The van der Waals surface area contributed by atoms with Gasteiger partial charge in [-0.2, -0.15) is 35.7 Å². The van der Waals surface area contributed by atoms with Crippen LogP contribution >= 0.6 is 0 Å². The number of aliphatic hydroxyl groups excluding tert-OH is 1. The Morgan fingerprint density at radius 3 is 1.19 bits per heavy atom. The number of hydrogen-bond donors (Lipinski definition) is 3. The number of aryl methyl sites for hydroxylation is 1. The third kappa shape index (κ3) is 30.0. The van der Waals surface area contributed by atoms with E-state index in [2.05, 4.69) is 205 Å². The number of carbonyl (C=O) groups is 2. The number of hydrogen-bond acceptors (Lipinski definition) is 13. The zero-order valence-corrected chi connectivity index (χ0v) is 63.1. The number of amides is 2. The second-order valence-corrected chi connectivity index (χ2v) is 32.7. The van der Waals surface area contributed by atoms with Crippen LogP contribution in [0.4, 0.5) is 0 Å². The topological polar surface area (TPSA) is 233 Å². The first kappa shape index (κ1) is 82.3. The quantitative estimate of drug-likeness (QED) is 0.103. The molecule has 7 aromatic heterocycles. The van der Waals surface area contributed by atoms with E-state index in [1.165, 1.54) is 27.8 Å². The normalized spacial score (nSPS) is 13.2. The maximum atomic E-state index is 11.4. The number of rotatable bonds is 12. The highest BCUT2D eigenvalue weighted by molar-refractivity contribution is 5.75. The van der Waals surface area contributed by atoms with Crippen LogP contribution in [0.25, 0.3) is 0 Å². The molecule has 22 heteroatoms. The molecule has 524 valence electrons. The largest absolute Gasteiger partial charge is 0.394 e. The summed E-state index contributed by atoms with van der Waals surface area (Å²) < 4.78 is 22.8.